The van der Waals surface area contributed by atoms with E-state index in [-0.39, 0.29) is 18.1 Å². The van der Waals surface area contributed by atoms with Crippen molar-refractivity contribution in [3.8, 4) is 23.5 Å². The van der Waals surface area contributed by atoms with Crippen molar-refractivity contribution in [3.63, 3.8) is 0 Å². The zero-order valence-electron chi connectivity index (χ0n) is 15.9. The molecule has 0 bridgehead atoms. The summed E-state index contributed by atoms with van der Waals surface area (Å²) in [5, 5.41) is 8.62. The van der Waals surface area contributed by atoms with Gasteiger partial charge in [-0.25, -0.2) is 4.79 Å². The SMILES string of the molecule is Cc1c(C#Cc2ccc(OCC(=O)O)cc2)[nH]c(OCC2COCCO2)cc1=O. The molecule has 1 fully saturated rings. The van der Waals surface area contributed by atoms with Crippen LogP contribution in [0.1, 0.15) is 16.8 Å². The maximum Gasteiger partial charge on any atom is 0.341 e. The van der Waals surface area contributed by atoms with Gasteiger partial charge < -0.3 is 29.0 Å². The van der Waals surface area contributed by atoms with Crippen LogP contribution < -0.4 is 14.9 Å². The monoisotopic (exact) mass is 399 g/mol. The lowest BCUT2D eigenvalue weighted by Gasteiger charge is -2.22. The number of hydrogen-bond donors (Lipinski definition) is 2. The van der Waals surface area contributed by atoms with E-state index in [1.807, 2.05) is 0 Å². The van der Waals surface area contributed by atoms with E-state index in [4.69, 9.17) is 24.1 Å². The Morgan fingerprint density at radius 3 is 2.72 bits per heavy atom. The second-order valence-corrected chi connectivity index (χ2v) is 6.33. The zero-order chi connectivity index (χ0) is 20.6. The molecule has 2 aromatic rings. The predicted octanol–water partition coefficient (Wildman–Crippen LogP) is 1.34. The second kappa shape index (κ2) is 9.78. The van der Waals surface area contributed by atoms with Gasteiger partial charge in [0.05, 0.1) is 25.5 Å². The Hall–Kier alpha value is -3.28. The van der Waals surface area contributed by atoms with E-state index in [1.54, 1.807) is 31.2 Å². The maximum atomic E-state index is 12.2. The van der Waals surface area contributed by atoms with E-state index < -0.39 is 12.6 Å². The van der Waals surface area contributed by atoms with Gasteiger partial charge in [-0.1, -0.05) is 5.92 Å². The molecule has 152 valence electrons. The van der Waals surface area contributed by atoms with E-state index >= 15 is 0 Å². The van der Waals surface area contributed by atoms with Crippen LogP contribution in [-0.4, -0.2) is 55.2 Å². The summed E-state index contributed by atoms with van der Waals surface area (Å²) in [5.74, 6) is 5.61. The number of rotatable bonds is 6. The highest BCUT2D eigenvalue weighted by molar-refractivity contribution is 5.68. The molecular weight excluding hydrogens is 378 g/mol. The first-order valence-electron chi connectivity index (χ1n) is 9.04. The fourth-order valence-electron chi connectivity index (χ4n) is 2.54. The summed E-state index contributed by atoms with van der Waals surface area (Å²) in [4.78, 5) is 25.8. The highest BCUT2D eigenvalue weighted by Crippen LogP contribution is 2.13. The summed E-state index contributed by atoms with van der Waals surface area (Å²) in [5.41, 5.74) is 1.45. The molecule has 2 N–H and O–H groups in total. The lowest BCUT2D eigenvalue weighted by Crippen LogP contribution is -2.33. The Balaban J connectivity index is 1.69. The van der Waals surface area contributed by atoms with Gasteiger partial charge in [0, 0.05) is 17.2 Å². The highest BCUT2D eigenvalue weighted by Gasteiger charge is 2.15. The number of hydrogen-bond acceptors (Lipinski definition) is 6. The van der Waals surface area contributed by atoms with Crippen molar-refractivity contribution in [2.75, 3.05) is 33.0 Å². The summed E-state index contributed by atoms with van der Waals surface area (Å²) >= 11 is 0. The van der Waals surface area contributed by atoms with Crippen molar-refractivity contribution in [3.05, 3.63) is 57.4 Å². The maximum absolute atomic E-state index is 12.2. The minimum atomic E-state index is -1.04. The van der Waals surface area contributed by atoms with Crippen LogP contribution in [0.3, 0.4) is 0 Å². The third kappa shape index (κ3) is 6.10. The molecule has 8 heteroatoms. The second-order valence-electron chi connectivity index (χ2n) is 6.33. The summed E-state index contributed by atoms with van der Waals surface area (Å²) < 4.78 is 21.6. The molecule has 0 amide bonds. The predicted molar refractivity (Wildman–Crippen MR) is 103 cm³/mol. The number of carboxylic acids is 1. The molecule has 1 aliphatic heterocycles. The molecule has 1 aromatic heterocycles. The quantitative estimate of drug-likeness (QED) is 0.706. The molecule has 1 atom stereocenters. The average molecular weight is 399 g/mol. The van der Waals surface area contributed by atoms with E-state index in [9.17, 15) is 9.59 Å². The minimum absolute atomic E-state index is 0.176. The molecular formula is C21H21NO7. The van der Waals surface area contributed by atoms with Crippen LogP contribution in [0.4, 0.5) is 0 Å². The van der Waals surface area contributed by atoms with E-state index in [0.717, 1.165) is 0 Å². The van der Waals surface area contributed by atoms with Crippen molar-refractivity contribution in [2.24, 2.45) is 0 Å². The van der Waals surface area contributed by atoms with Crippen molar-refractivity contribution in [1.29, 1.82) is 0 Å². The van der Waals surface area contributed by atoms with Gasteiger partial charge in [0.2, 0.25) is 0 Å². The number of benzene rings is 1. The van der Waals surface area contributed by atoms with Crippen molar-refractivity contribution >= 4 is 5.97 Å². The molecule has 1 unspecified atom stereocenters. The van der Waals surface area contributed by atoms with Crippen molar-refractivity contribution in [2.45, 2.75) is 13.0 Å². The van der Waals surface area contributed by atoms with Crippen LogP contribution in [0.5, 0.6) is 11.6 Å². The van der Waals surface area contributed by atoms with Gasteiger partial charge in [0.15, 0.2) is 17.9 Å². The minimum Gasteiger partial charge on any atom is -0.482 e. The molecule has 29 heavy (non-hydrogen) atoms. The molecule has 3 rings (SSSR count). The van der Waals surface area contributed by atoms with Crippen LogP contribution in [0.2, 0.25) is 0 Å². The van der Waals surface area contributed by atoms with Gasteiger partial charge in [-0.3, -0.25) is 4.79 Å². The number of aromatic nitrogens is 1. The standard InChI is InChI=1S/C21H21NO7/c1-14-18(7-4-15-2-5-16(6-3-15)28-13-21(24)25)22-20(10-19(14)23)29-12-17-11-26-8-9-27-17/h2-3,5-6,10,17H,8-9,11-13H2,1H3,(H,22,23)(H,24,25). The molecule has 0 saturated carbocycles. The van der Waals surface area contributed by atoms with E-state index in [0.29, 0.717) is 48.3 Å². The Kier molecular flexibility index (Phi) is 6.89. The van der Waals surface area contributed by atoms with Crippen LogP contribution >= 0.6 is 0 Å². The van der Waals surface area contributed by atoms with E-state index in [2.05, 4.69) is 16.8 Å². The van der Waals surface area contributed by atoms with Gasteiger partial charge in [-0.05, 0) is 37.1 Å². The van der Waals surface area contributed by atoms with Gasteiger partial charge in [0.25, 0.3) is 0 Å². The van der Waals surface area contributed by atoms with Crippen LogP contribution in [0, 0.1) is 18.8 Å². The summed E-state index contributed by atoms with van der Waals surface area (Å²) in [6, 6.07) is 8.07. The van der Waals surface area contributed by atoms with Gasteiger partial charge in [-0.2, -0.15) is 0 Å². The first-order chi connectivity index (χ1) is 14.0. The van der Waals surface area contributed by atoms with Gasteiger partial charge >= 0.3 is 5.97 Å². The van der Waals surface area contributed by atoms with Crippen LogP contribution in [-0.2, 0) is 14.3 Å². The van der Waals surface area contributed by atoms with Crippen LogP contribution in [0.15, 0.2) is 35.1 Å². The van der Waals surface area contributed by atoms with E-state index in [1.165, 1.54) is 6.07 Å². The van der Waals surface area contributed by atoms with Crippen molar-refractivity contribution in [1.82, 2.24) is 4.98 Å². The molecule has 2 heterocycles. The Bertz CT molecular complexity index is 963. The third-order valence-electron chi connectivity index (χ3n) is 4.11. The number of aliphatic carboxylic acids is 1. The Morgan fingerprint density at radius 2 is 2.03 bits per heavy atom. The number of pyridine rings is 1. The largest absolute Gasteiger partial charge is 0.482 e. The molecule has 8 nitrogen and oxygen atoms in total. The lowest BCUT2D eigenvalue weighted by molar-refractivity contribution is -0.139. The zero-order valence-corrected chi connectivity index (χ0v) is 15.9. The molecule has 1 aromatic carbocycles. The number of carboxylic acid groups (broad SMARTS) is 1. The number of aromatic amines is 1. The molecule has 1 aliphatic rings. The molecule has 0 spiro atoms. The Labute approximate surface area is 167 Å². The summed E-state index contributed by atoms with van der Waals surface area (Å²) in [7, 11) is 0. The van der Waals surface area contributed by atoms with Crippen LogP contribution in [0.25, 0.3) is 0 Å². The summed E-state index contributed by atoms with van der Waals surface area (Å²) in [6.07, 6.45) is -0.176. The molecule has 1 saturated heterocycles. The first-order valence-corrected chi connectivity index (χ1v) is 9.04. The molecule has 0 radical (unpaired) electrons. The fraction of sp³-hybridized carbons (Fsp3) is 0.333. The third-order valence-corrected chi connectivity index (χ3v) is 4.11. The average Bonchev–Trinajstić information content (AvgIpc) is 2.73. The first kappa shape index (κ1) is 20.5. The number of carbonyl (C=O) groups is 1. The highest BCUT2D eigenvalue weighted by atomic mass is 16.6. The van der Waals surface area contributed by atoms with Gasteiger partial charge in [-0.15, -0.1) is 0 Å². The Morgan fingerprint density at radius 1 is 1.24 bits per heavy atom. The molecule has 0 aliphatic carbocycles. The normalized spacial score (nSPS) is 15.8. The fourth-order valence-corrected chi connectivity index (χ4v) is 2.54. The topological polar surface area (TPSA) is 107 Å². The van der Waals surface area contributed by atoms with Gasteiger partial charge in [0.1, 0.15) is 18.5 Å². The number of nitrogens with one attached hydrogen (secondary N) is 1. The number of H-pyrrole nitrogens is 1. The van der Waals surface area contributed by atoms with Crippen molar-refractivity contribution < 1.29 is 28.8 Å². The summed E-state index contributed by atoms with van der Waals surface area (Å²) in [6.45, 7) is 3.10. The number of ether oxygens (including phenoxy) is 4. The smallest absolute Gasteiger partial charge is 0.341 e. The lowest BCUT2D eigenvalue weighted by atomic mass is 10.1.